The highest BCUT2D eigenvalue weighted by Gasteiger charge is 2.41. The molecule has 4 heterocycles. The molecule has 30 heavy (non-hydrogen) atoms. The number of aromatic nitrogens is 3. The Hall–Kier alpha value is -2.73. The van der Waals surface area contributed by atoms with Gasteiger partial charge in [-0.1, -0.05) is 31.4 Å². The Labute approximate surface area is 183 Å². The summed E-state index contributed by atoms with van der Waals surface area (Å²) in [6.45, 7) is 0.726. The van der Waals surface area contributed by atoms with Gasteiger partial charge in [-0.2, -0.15) is 0 Å². The molecule has 0 bridgehead atoms. The number of hydrogen-bond donors (Lipinski definition) is 1. The van der Waals surface area contributed by atoms with Crippen LogP contribution in [0.15, 0.2) is 67.3 Å². The quantitative estimate of drug-likeness (QED) is 0.595. The Bertz CT molecular complexity index is 981. The van der Waals surface area contributed by atoms with E-state index in [9.17, 15) is 0 Å². The average Bonchev–Trinajstić information content (AvgIpc) is 3.40. The molecule has 0 spiro atoms. The smallest absolute Gasteiger partial charge is 0.170 e. The van der Waals surface area contributed by atoms with Crippen molar-refractivity contribution in [1.29, 1.82) is 0 Å². The summed E-state index contributed by atoms with van der Waals surface area (Å²) < 4.78 is 2.51. The molecule has 5 rings (SSSR count). The van der Waals surface area contributed by atoms with Gasteiger partial charge in [-0.25, -0.2) is 0 Å². The first-order valence-electron chi connectivity index (χ1n) is 10.8. The fourth-order valence-corrected chi connectivity index (χ4v) is 5.24. The Morgan fingerprint density at radius 3 is 2.67 bits per heavy atom. The molecule has 2 atom stereocenters. The molecule has 0 aromatic carbocycles. The molecule has 2 aliphatic rings. The maximum Gasteiger partial charge on any atom is 0.170 e. The Morgan fingerprint density at radius 1 is 1.00 bits per heavy atom. The van der Waals surface area contributed by atoms with Gasteiger partial charge >= 0.3 is 0 Å². The molecular formula is C24H27N5S. The van der Waals surface area contributed by atoms with Crippen molar-refractivity contribution in [2.75, 3.05) is 0 Å². The number of hydrogen-bond acceptors (Lipinski definition) is 3. The maximum atomic E-state index is 5.82. The van der Waals surface area contributed by atoms with E-state index in [0.29, 0.717) is 6.04 Å². The van der Waals surface area contributed by atoms with Crippen molar-refractivity contribution in [1.82, 2.24) is 24.8 Å². The minimum Gasteiger partial charge on any atom is -0.352 e. The molecule has 154 valence electrons. The predicted molar refractivity (Wildman–Crippen MR) is 122 cm³/mol. The fraction of sp³-hybridized carbons (Fsp3) is 0.375. The van der Waals surface area contributed by atoms with Gasteiger partial charge in [0.1, 0.15) is 0 Å². The van der Waals surface area contributed by atoms with E-state index in [1.54, 1.807) is 0 Å². The number of nitrogens with one attached hydrogen (secondary N) is 1. The van der Waals surface area contributed by atoms with Crippen LogP contribution in [0, 0.1) is 0 Å². The Kier molecular flexibility index (Phi) is 5.49. The van der Waals surface area contributed by atoms with Gasteiger partial charge < -0.3 is 14.8 Å². The third-order valence-corrected chi connectivity index (χ3v) is 6.71. The second-order valence-corrected chi connectivity index (χ2v) is 8.63. The summed E-state index contributed by atoms with van der Waals surface area (Å²) in [7, 11) is 0. The monoisotopic (exact) mass is 417 g/mol. The lowest BCUT2D eigenvalue weighted by molar-refractivity contribution is 0.275. The lowest BCUT2D eigenvalue weighted by Crippen LogP contribution is -2.30. The van der Waals surface area contributed by atoms with E-state index in [4.69, 9.17) is 12.2 Å². The summed E-state index contributed by atoms with van der Waals surface area (Å²) in [5.74, 6) is 0. The molecule has 0 amide bonds. The highest BCUT2D eigenvalue weighted by atomic mass is 32.1. The molecule has 1 aliphatic heterocycles. The van der Waals surface area contributed by atoms with Crippen LogP contribution < -0.4 is 5.32 Å². The molecule has 5 nitrogen and oxygen atoms in total. The summed E-state index contributed by atoms with van der Waals surface area (Å²) in [6, 6.07) is 15.3. The first-order chi connectivity index (χ1) is 14.8. The standard InChI is InChI=1S/C24H27N5S/c30-24-27-22(20-11-4-5-14-26-20)23(29(24)17-18-8-6-13-25-16-18)21-12-7-15-28(21)19-9-2-1-3-10-19/h4-8,11-16,19,22-23H,1-3,9-10,17H2,(H,27,30)/t22-,23+/m1/s1. The number of pyridine rings is 2. The van der Waals surface area contributed by atoms with Gasteiger partial charge in [-0.05, 0) is 61.0 Å². The molecule has 0 unspecified atom stereocenters. The summed E-state index contributed by atoms with van der Waals surface area (Å²) in [4.78, 5) is 11.3. The SMILES string of the molecule is S=C1N[C@H](c2ccccn2)[C@H](c2cccn2C2CCCCC2)N1Cc1cccnc1. The third kappa shape index (κ3) is 3.72. The molecule has 1 saturated heterocycles. The van der Waals surface area contributed by atoms with E-state index >= 15 is 0 Å². The van der Waals surface area contributed by atoms with Crippen molar-refractivity contribution < 1.29 is 0 Å². The first kappa shape index (κ1) is 19.2. The van der Waals surface area contributed by atoms with Crippen LogP contribution in [0.2, 0.25) is 0 Å². The zero-order chi connectivity index (χ0) is 20.3. The number of rotatable bonds is 5. The van der Waals surface area contributed by atoms with Gasteiger partial charge in [0.25, 0.3) is 0 Å². The van der Waals surface area contributed by atoms with Gasteiger partial charge in [0.05, 0.1) is 17.8 Å². The average molecular weight is 418 g/mol. The summed E-state index contributed by atoms with van der Waals surface area (Å²) in [5.41, 5.74) is 3.49. The van der Waals surface area contributed by atoms with Crippen LogP contribution in [0.4, 0.5) is 0 Å². The van der Waals surface area contributed by atoms with Crippen LogP contribution in [0.3, 0.4) is 0 Å². The number of thiocarbonyl (C=S) groups is 1. The molecule has 1 N–H and O–H groups in total. The van der Waals surface area contributed by atoms with E-state index in [1.807, 2.05) is 36.8 Å². The van der Waals surface area contributed by atoms with E-state index < -0.39 is 0 Å². The second-order valence-electron chi connectivity index (χ2n) is 8.25. The molecule has 3 aromatic rings. The Morgan fingerprint density at radius 2 is 1.90 bits per heavy atom. The van der Waals surface area contributed by atoms with E-state index in [1.165, 1.54) is 37.8 Å². The minimum atomic E-state index is 0.0209. The molecule has 1 aliphatic carbocycles. The van der Waals surface area contributed by atoms with Crippen LogP contribution in [-0.2, 0) is 6.54 Å². The van der Waals surface area contributed by atoms with Crippen molar-refractivity contribution >= 4 is 17.3 Å². The molecule has 0 radical (unpaired) electrons. The summed E-state index contributed by atoms with van der Waals surface area (Å²) in [5, 5.41) is 4.34. The lowest BCUT2D eigenvalue weighted by Gasteiger charge is -2.32. The zero-order valence-corrected chi connectivity index (χ0v) is 17.8. The van der Waals surface area contributed by atoms with Crippen molar-refractivity contribution in [2.24, 2.45) is 0 Å². The topological polar surface area (TPSA) is 46.0 Å². The summed E-state index contributed by atoms with van der Waals surface area (Å²) >= 11 is 5.82. The normalized spacial score (nSPS) is 22.3. The molecule has 2 fully saturated rings. The highest BCUT2D eigenvalue weighted by molar-refractivity contribution is 7.80. The maximum absolute atomic E-state index is 5.82. The van der Waals surface area contributed by atoms with E-state index in [-0.39, 0.29) is 12.1 Å². The zero-order valence-electron chi connectivity index (χ0n) is 17.0. The van der Waals surface area contributed by atoms with E-state index in [0.717, 1.165) is 22.9 Å². The van der Waals surface area contributed by atoms with Crippen molar-refractivity contribution in [3.8, 4) is 0 Å². The van der Waals surface area contributed by atoms with Gasteiger partial charge in [0.15, 0.2) is 5.11 Å². The molecule has 3 aromatic heterocycles. The van der Waals surface area contributed by atoms with Crippen molar-refractivity contribution in [3.63, 3.8) is 0 Å². The summed E-state index contributed by atoms with van der Waals surface area (Å²) in [6.07, 6.45) is 14.3. The molecule has 6 heteroatoms. The largest absolute Gasteiger partial charge is 0.352 e. The van der Waals surface area contributed by atoms with Gasteiger partial charge in [-0.15, -0.1) is 0 Å². The van der Waals surface area contributed by atoms with Gasteiger partial charge in [0.2, 0.25) is 0 Å². The second kappa shape index (κ2) is 8.56. The van der Waals surface area contributed by atoms with Crippen LogP contribution in [-0.4, -0.2) is 24.5 Å². The van der Waals surface area contributed by atoms with Crippen LogP contribution in [0.5, 0.6) is 0 Å². The molecule has 1 saturated carbocycles. The Balaban J connectivity index is 1.54. The van der Waals surface area contributed by atoms with Crippen LogP contribution >= 0.6 is 12.2 Å². The van der Waals surface area contributed by atoms with Crippen molar-refractivity contribution in [2.45, 2.75) is 56.8 Å². The van der Waals surface area contributed by atoms with Gasteiger partial charge in [0, 0.05) is 43.1 Å². The predicted octanol–water partition coefficient (Wildman–Crippen LogP) is 4.96. The molecular weight excluding hydrogens is 390 g/mol. The minimum absolute atomic E-state index is 0.0209. The van der Waals surface area contributed by atoms with Gasteiger partial charge in [-0.3, -0.25) is 9.97 Å². The first-order valence-corrected chi connectivity index (χ1v) is 11.3. The van der Waals surface area contributed by atoms with Crippen molar-refractivity contribution in [3.05, 3.63) is 84.2 Å². The highest BCUT2D eigenvalue weighted by Crippen LogP contribution is 2.41. The fourth-order valence-electron chi connectivity index (χ4n) is 4.94. The lowest BCUT2D eigenvalue weighted by atomic mass is 9.94. The third-order valence-electron chi connectivity index (χ3n) is 6.36. The number of nitrogens with zero attached hydrogens (tertiary/aromatic N) is 4. The van der Waals surface area contributed by atoms with E-state index in [2.05, 4.69) is 55.2 Å². The van der Waals surface area contributed by atoms with Crippen LogP contribution in [0.25, 0.3) is 0 Å². The van der Waals surface area contributed by atoms with Crippen LogP contribution in [0.1, 0.15) is 67.2 Å².